The number of aromatic nitrogens is 2. The standard InChI is InChI=1S/C12H21N3/c1-4-12(5-2)8-13-7-10(12)11-6-9(3)14-15-11/h6,10,13H,4-5,7-8H2,1-3H3,(H,14,15). The summed E-state index contributed by atoms with van der Waals surface area (Å²) in [6, 6.07) is 2.19. The van der Waals surface area contributed by atoms with Gasteiger partial charge in [0.05, 0.1) is 5.69 Å². The largest absolute Gasteiger partial charge is 0.315 e. The van der Waals surface area contributed by atoms with Crippen molar-refractivity contribution in [3.05, 3.63) is 17.5 Å². The van der Waals surface area contributed by atoms with Crippen molar-refractivity contribution in [1.82, 2.24) is 15.5 Å². The summed E-state index contributed by atoms with van der Waals surface area (Å²) in [5.41, 5.74) is 2.82. The fraction of sp³-hybridized carbons (Fsp3) is 0.750. The average molecular weight is 207 g/mol. The first kappa shape index (κ1) is 10.7. The molecular formula is C12H21N3. The molecule has 1 aliphatic heterocycles. The van der Waals surface area contributed by atoms with Gasteiger partial charge in [0.25, 0.3) is 0 Å². The number of rotatable bonds is 3. The SMILES string of the molecule is CCC1(CC)CNCC1c1cc(C)[nH]n1. The van der Waals surface area contributed by atoms with Gasteiger partial charge in [-0.3, -0.25) is 5.10 Å². The second-order valence-corrected chi connectivity index (χ2v) is 4.73. The first-order chi connectivity index (χ1) is 7.22. The maximum atomic E-state index is 4.42. The molecule has 0 aliphatic carbocycles. The van der Waals surface area contributed by atoms with Crippen LogP contribution in [0.15, 0.2) is 6.07 Å². The molecule has 0 spiro atoms. The summed E-state index contributed by atoms with van der Waals surface area (Å²) >= 11 is 0. The van der Waals surface area contributed by atoms with Crippen molar-refractivity contribution in [1.29, 1.82) is 0 Å². The van der Waals surface area contributed by atoms with Gasteiger partial charge < -0.3 is 5.32 Å². The molecule has 1 saturated heterocycles. The fourth-order valence-corrected chi connectivity index (χ4v) is 2.83. The van der Waals surface area contributed by atoms with E-state index in [1.54, 1.807) is 0 Å². The maximum Gasteiger partial charge on any atom is 0.0674 e. The molecule has 3 nitrogen and oxygen atoms in total. The average Bonchev–Trinajstić information content (AvgIpc) is 2.83. The lowest BCUT2D eigenvalue weighted by Gasteiger charge is -2.31. The molecule has 0 radical (unpaired) electrons. The quantitative estimate of drug-likeness (QED) is 0.798. The van der Waals surface area contributed by atoms with Gasteiger partial charge in [-0.25, -0.2) is 0 Å². The Bertz CT molecular complexity index is 325. The smallest absolute Gasteiger partial charge is 0.0674 e. The third kappa shape index (κ3) is 1.69. The first-order valence-corrected chi connectivity index (χ1v) is 5.94. The summed E-state index contributed by atoms with van der Waals surface area (Å²) in [5, 5.41) is 11.0. The van der Waals surface area contributed by atoms with Crippen LogP contribution in [-0.4, -0.2) is 23.3 Å². The van der Waals surface area contributed by atoms with Crippen LogP contribution in [0.4, 0.5) is 0 Å². The Kier molecular flexibility index (Phi) is 2.83. The predicted molar refractivity (Wildman–Crippen MR) is 62.0 cm³/mol. The van der Waals surface area contributed by atoms with Crippen molar-refractivity contribution in [2.24, 2.45) is 5.41 Å². The Balaban J connectivity index is 2.28. The van der Waals surface area contributed by atoms with Gasteiger partial charge in [-0.15, -0.1) is 0 Å². The number of hydrogen-bond acceptors (Lipinski definition) is 2. The molecule has 0 aromatic carbocycles. The molecule has 1 aliphatic rings. The highest BCUT2D eigenvalue weighted by atomic mass is 15.1. The lowest BCUT2D eigenvalue weighted by atomic mass is 9.72. The third-order valence-electron chi connectivity index (χ3n) is 4.06. The molecule has 1 atom stereocenters. The molecule has 1 aromatic heterocycles. The number of aromatic amines is 1. The zero-order valence-electron chi connectivity index (χ0n) is 9.93. The lowest BCUT2D eigenvalue weighted by molar-refractivity contribution is 0.257. The minimum atomic E-state index is 0.418. The van der Waals surface area contributed by atoms with Gasteiger partial charge in [-0.1, -0.05) is 13.8 Å². The van der Waals surface area contributed by atoms with E-state index in [-0.39, 0.29) is 0 Å². The van der Waals surface area contributed by atoms with Crippen LogP contribution in [0.25, 0.3) is 0 Å². The van der Waals surface area contributed by atoms with E-state index in [1.807, 2.05) is 0 Å². The minimum absolute atomic E-state index is 0.418. The Labute approximate surface area is 91.7 Å². The summed E-state index contributed by atoms with van der Waals surface area (Å²) in [7, 11) is 0. The number of hydrogen-bond donors (Lipinski definition) is 2. The van der Waals surface area contributed by atoms with Crippen LogP contribution in [0.3, 0.4) is 0 Å². The van der Waals surface area contributed by atoms with E-state index in [9.17, 15) is 0 Å². The zero-order chi connectivity index (χ0) is 10.9. The Morgan fingerprint density at radius 1 is 1.47 bits per heavy atom. The highest BCUT2D eigenvalue weighted by molar-refractivity contribution is 5.18. The van der Waals surface area contributed by atoms with Gasteiger partial charge in [-0.05, 0) is 31.2 Å². The van der Waals surface area contributed by atoms with E-state index in [0.29, 0.717) is 11.3 Å². The third-order valence-corrected chi connectivity index (χ3v) is 4.06. The van der Waals surface area contributed by atoms with E-state index in [1.165, 1.54) is 18.5 Å². The number of H-pyrrole nitrogens is 1. The number of nitrogens with one attached hydrogen (secondary N) is 2. The molecule has 0 saturated carbocycles. The normalized spacial score (nSPS) is 24.6. The van der Waals surface area contributed by atoms with E-state index >= 15 is 0 Å². The van der Waals surface area contributed by atoms with Gasteiger partial charge in [0.2, 0.25) is 0 Å². The molecule has 0 amide bonds. The van der Waals surface area contributed by atoms with Crippen molar-refractivity contribution < 1.29 is 0 Å². The highest BCUT2D eigenvalue weighted by Gasteiger charge is 2.41. The second kappa shape index (κ2) is 3.97. The molecule has 1 aromatic rings. The Morgan fingerprint density at radius 3 is 2.73 bits per heavy atom. The van der Waals surface area contributed by atoms with Gasteiger partial charge in [0, 0.05) is 24.7 Å². The molecule has 1 unspecified atom stereocenters. The van der Waals surface area contributed by atoms with E-state index in [0.717, 1.165) is 18.8 Å². The van der Waals surface area contributed by atoms with Gasteiger partial charge in [0.1, 0.15) is 0 Å². The van der Waals surface area contributed by atoms with Crippen LogP contribution >= 0.6 is 0 Å². The van der Waals surface area contributed by atoms with Crippen LogP contribution in [0.5, 0.6) is 0 Å². The molecule has 2 N–H and O–H groups in total. The molecule has 15 heavy (non-hydrogen) atoms. The summed E-state index contributed by atoms with van der Waals surface area (Å²) in [6.07, 6.45) is 2.46. The second-order valence-electron chi connectivity index (χ2n) is 4.73. The zero-order valence-corrected chi connectivity index (χ0v) is 9.93. The van der Waals surface area contributed by atoms with Crippen molar-refractivity contribution >= 4 is 0 Å². The van der Waals surface area contributed by atoms with Crippen molar-refractivity contribution in [2.45, 2.75) is 39.5 Å². The topological polar surface area (TPSA) is 40.7 Å². The lowest BCUT2D eigenvalue weighted by Crippen LogP contribution is -2.27. The van der Waals surface area contributed by atoms with Crippen LogP contribution in [0, 0.1) is 12.3 Å². The van der Waals surface area contributed by atoms with Crippen LogP contribution in [-0.2, 0) is 0 Å². The van der Waals surface area contributed by atoms with Gasteiger partial charge in [-0.2, -0.15) is 5.10 Å². The fourth-order valence-electron chi connectivity index (χ4n) is 2.83. The van der Waals surface area contributed by atoms with Crippen LogP contribution in [0.2, 0.25) is 0 Å². The molecule has 3 heteroatoms. The van der Waals surface area contributed by atoms with Gasteiger partial charge >= 0.3 is 0 Å². The predicted octanol–water partition coefficient (Wildman–Crippen LogP) is 2.21. The van der Waals surface area contributed by atoms with E-state index in [2.05, 4.69) is 42.4 Å². The monoisotopic (exact) mass is 207 g/mol. The first-order valence-electron chi connectivity index (χ1n) is 5.94. The number of aryl methyl sites for hydroxylation is 1. The van der Waals surface area contributed by atoms with Crippen molar-refractivity contribution in [3.63, 3.8) is 0 Å². The summed E-state index contributed by atoms with van der Waals surface area (Å²) in [4.78, 5) is 0. The molecule has 1 fully saturated rings. The maximum absolute atomic E-state index is 4.42. The summed E-state index contributed by atoms with van der Waals surface area (Å²) in [6.45, 7) is 8.87. The van der Waals surface area contributed by atoms with Crippen LogP contribution < -0.4 is 5.32 Å². The van der Waals surface area contributed by atoms with Crippen molar-refractivity contribution in [2.75, 3.05) is 13.1 Å². The Morgan fingerprint density at radius 2 is 2.20 bits per heavy atom. The molecule has 84 valence electrons. The molecular weight excluding hydrogens is 186 g/mol. The van der Waals surface area contributed by atoms with E-state index in [4.69, 9.17) is 0 Å². The molecule has 2 rings (SSSR count). The summed E-state index contributed by atoms with van der Waals surface area (Å²) < 4.78 is 0. The molecule has 0 bridgehead atoms. The minimum Gasteiger partial charge on any atom is -0.315 e. The molecule has 2 heterocycles. The van der Waals surface area contributed by atoms with Crippen LogP contribution in [0.1, 0.15) is 44.0 Å². The Hall–Kier alpha value is -0.830. The highest BCUT2D eigenvalue weighted by Crippen LogP contribution is 2.43. The van der Waals surface area contributed by atoms with Gasteiger partial charge in [0.15, 0.2) is 0 Å². The van der Waals surface area contributed by atoms with Crippen molar-refractivity contribution in [3.8, 4) is 0 Å². The van der Waals surface area contributed by atoms with E-state index < -0.39 is 0 Å². The summed E-state index contributed by atoms with van der Waals surface area (Å²) in [5.74, 6) is 0.581. The number of nitrogens with zero attached hydrogens (tertiary/aromatic N) is 1.